The number of ether oxygens (including phenoxy) is 1. The standard InChI is InChI=1S/C10H14O.H3N/c1-8(2)9-4-6-10(11-3)7-5-9;/h4-8H,1-3H3;1H3. The highest BCUT2D eigenvalue weighted by Crippen LogP contribution is 2.17. The van der Waals surface area contributed by atoms with Crippen LogP contribution in [0.25, 0.3) is 0 Å². The molecule has 68 valence electrons. The van der Waals surface area contributed by atoms with Crippen LogP contribution < -0.4 is 10.9 Å². The topological polar surface area (TPSA) is 44.2 Å². The van der Waals surface area contributed by atoms with E-state index in [0.717, 1.165) is 5.75 Å². The van der Waals surface area contributed by atoms with Crippen molar-refractivity contribution < 1.29 is 4.74 Å². The first-order valence-corrected chi connectivity index (χ1v) is 3.88. The molecule has 3 N–H and O–H groups in total. The second-order valence-corrected chi connectivity index (χ2v) is 2.93. The van der Waals surface area contributed by atoms with Crippen LogP contribution in [-0.2, 0) is 0 Å². The molecule has 0 unspecified atom stereocenters. The maximum atomic E-state index is 5.05. The van der Waals surface area contributed by atoms with Gasteiger partial charge in [-0.2, -0.15) is 0 Å². The molecule has 0 spiro atoms. The summed E-state index contributed by atoms with van der Waals surface area (Å²) >= 11 is 0. The number of benzene rings is 1. The van der Waals surface area contributed by atoms with Gasteiger partial charge in [-0.15, -0.1) is 0 Å². The van der Waals surface area contributed by atoms with Crippen LogP contribution in [0.2, 0.25) is 0 Å². The van der Waals surface area contributed by atoms with E-state index in [4.69, 9.17) is 4.74 Å². The van der Waals surface area contributed by atoms with Crippen molar-refractivity contribution in [1.29, 1.82) is 0 Å². The molecule has 0 heterocycles. The molecule has 0 aliphatic carbocycles. The molecular formula is C10H17NO. The minimum absolute atomic E-state index is 0. The first kappa shape index (κ1) is 11.0. The Kier molecular flexibility index (Phi) is 4.37. The van der Waals surface area contributed by atoms with E-state index in [2.05, 4.69) is 26.0 Å². The van der Waals surface area contributed by atoms with Crippen molar-refractivity contribution in [3.8, 4) is 5.75 Å². The Bertz CT molecular complexity index is 216. The summed E-state index contributed by atoms with van der Waals surface area (Å²) in [4.78, 5) is 0. The Balaban J connectivity index is 0.00000121. The number of methoxy groups -OCH3 is 1. The summed E-state index contributed by atoms with van der Waals surface area (Å²) < 4.78 is 5.05. The monoisotopic (exact) mass is 167 g/mol. The lowest BCUT2D eigenvalue weighted by Crippen LogP contribution is -1.87. The molecule has 0 aromatic heterocycles. The molecule has 1 aromatic rings. The molecule has 1 rings (SSSR count). The van der Waals surface area contributed by atoms with E-state index < -0.39 is 0 Å². The Morgan fingerprint density at radius 2 is 1.58 bits per heavy atom. The third kappa shape index (κ3) is 2.55. The van der Waals surface area contributed by atoms with Crippen molar-refractivity contribution in [1.82, 2.24) is 6.15 Å². The van der Waals surface area contributed by atoms with Crippen molar-refractivity contribution >= 4 is 0 Å². The van der Waals surface area contributed by atoms with Crippen LogP contribution in [0, 0.1) is 0 Å². The van der Waals surface area contributed by atoms with Crippen molar-refractivity contribution in [2.75, 3.05) is 7.11 Å². The lowest BCUT2D eigenvalue weighted by atomic mass is 10.0. The molecular weight excluding hydrogens is 150 g/mol. The largest absolute Gasteiger partial charge is 0.497 e. The van der Waals surface area contributed by atoms with Gasteiger partial charge in [-0.25, -0.2) is 0 Å². The minimum atomic E-state index is 0. The van der Waals surface area contributed by atoms with Crippen LogP contribution in [0.1, 0.15) is 25.3 Å². The maximum absolute atomic E-state index is 5.05. The fourth-order valence-corrected chi connectivity index (χ4v) is 0.989. The minimum Gasteiger partial charge on any atom is -0.497 e. The van der Waals surface area contributed by atoms with Crippen molar-refractivity contribution in [2.45, 2.75) is 19.8 Å². The molecule has 1 aromatic carbocycles. The van der Waals surface area contributed by atoms with Gasteiger partial charge in [0.25, 0.3) is 0 Å². The molecule has 12 heavy (non-hydrogen) atoms. The summed E-state index contributed by atoms with van der Waals surface area (Å²) in [5.41, 5.74) is 1.35. The highest BCUT2D eigenvalue weighted by molar-refractivity contribution is 5.28. The van der Waals surface area contributed by atoms with E-state index in [1.807, 2.05) is 12.1 Å². The summed E-state index contributed by atoms with van der Waals surface area (Å²) in [5.74, 6) is 1.52. The van der Waals surface area contributed by atoms with Gasteiger partial charge in [0.1, 0.15) is 5.75 Å². The van der Waals surface area contributed by atoms with Gasteiger partial charge >= 0.3 is 0 Å². The van der Waals surface area contributed by atoms with E-state index in [1.54, 1.807) is 7.11 Å². The molecule has 0 bridgehead atoms. The molecule has 0 radical (unpaired) electrons. The molecule has 0 aliphatic heterocycles. The van der Waals surface area contributed by atoms with Gasteiger partial charge < -0.3 is 10.9 Å². The van der Waals surface area contributed by atoms with E-state index in [1.165, 1.54) is 5.56 Å². The molecule has 0 fully saturated rings. The molecule has 2 heteroatoms. The second-order valence-electron chi connectivity index (χ2n) is 2.93. The predicted octanol–water partition coefficient (Wildman–Crippen LogP) is 2.98. The van der Waals surface area contributed by atoms with Crippen LogP contribution in [0.3, 0.4) is 0 Å². The normalized spacial score (nSPS) is 9.33. The Hall–Kier alpha value is -1.02. The molecule has 0 atom stereocenters. The van der Waals surface area contributed by atoms with Gasteiger partial charge in [-0.05, 0) is 23.6 Å². The smallest absolute Gasteiger partial charge is 0.118 e. The van der Waals surface area contributed by atoms with Gasteiger partial charge in [0.2, 0.25) is 0 Å². The predicted molar refractivity (Wildman–Crippen MR) is 52.1 cm³/mol. The van der Waals surface area contributed by atoms with Gasteiger partial charge in [-0.1, -0.05) is 26.0 Å². The quantitative estimate of drug-likeness (QED) is 0.735. The maximum Gasteiger partial charge on any atom is 0.118 e. The summed E-state index contributed by atoms with van der Waals surface area (Å²) in [6, 6.07) is 8.19. The fourth-order valence-electron chi connectivity index (χ4n) is 0.989. The molecule has 0 aliphatic rings. The summed E-state index contributed by atoms with van der Waals surface area (Å²) in [6.45, 7) is 4.36. The van der Waals surface area contributed by atoms with E-state index in [-0.39, 0.29) is 6.15 Å². The number of hydrogen-bond acceptors (Lipinski definition) is 2. The first-order chi connectivity index (χ1) is 5.24. The lowest BCUT2D eigenvalue weighted by molar-refractivity contribution is 0.414. The Morgan fingerprint density at radius 3 is 1.92 bits per heavy atom. The zero-order valence-corrected chi connectivity index (χ0v) is 8.00. The zero-order valence-electron chi connectivity index (χ0n) is 8.00. The highest BCUT2D eigenvalue weighted by atomic mass is 16.5. The summed E-state index contributed by atoms with van der Waals surface area (Å²) in [6.07, 6.45) is 0. The van der Waals surface area contributed by atoms with E-state index in [0.29, 0.717) is 5.92 Å². The third-order valence-corrected chi connectivity index (χ3v) is 1.78. The van der Waals surface area contributed by atoms with Crippen molar-refractivity contribution in [2.24, 2.45) is 0 Å². The Morgan fingerprint density at radius 1 is 1.08 bits per heavy atom. The van der Waals surface area contributed by atoms with E-state index >= 15 is 0 Å². The summed E-state index contributed by atoms with van der Waals surface area (Å²) in [5, 5.41) is 0. The Labute approximate surface area is 74.1 Å². The van der Waals surface area contributed by atoms with Crippen LogP contribution >= 0.6 is 0 Å². The van der Waals surface area contributed by atoms with Gasteiger partial charge in [0.15, 0.2) is 0 Å². The fraction of sp³-hybridized carbons (Fsp3) is 0.400. The molecule has 0 amide bonds. The van der Waals surface area contributed by atoms with Crippen LogP contribution in [-0.4, -0.2) is 7.11 Å². The first-order valence-electron chi connectivity index (χ1n) is 3.88. The SMILES string of the molecule is COc1ccc(C(C)C)cc1.N. The molecule has 0 saturated heterocycles. The average molecular weight is 167 g/mol. The zero-order chi connectivity index (χ0) is 8.27. The number of rotatable bonds is 2. The van der Waals surface area contributed by atoms with Gasteiger partial charge in [-0.3, -0.25) is 0 Å². The third-order valence-electron chi connectivity index (χ3n) is 1.78. The molecule has 2 nitrogen and oxygen atoms in total. The highest BCUT2D eigenvalue weighted by Gasteiger charge is 1.97. The van der Waals surface area contributed by atoms with Gasteiger partial charge in [0, 0.05) is 0 Å². The summed E-state index contributed by atoms with van der Waals surface area (Å²) in [7, 11) is 1.68. The van der Waals surface area contributed by atoms with Crippen LogP contribution in [0.5, 0.6) is 5.75 Å². The lowest BCUT2D eigenvalue weighted by Gasteiger charge is -2.05. The molecule has 0 saturated carbocycles. The van der Waals surface area contributed by atoms with Crippen LogP contribution in [0.15, 0.2) is 24.3 Å². The van der Waals surface area contributed by atoms with Crippen LogP contribution in [0.4, 0.5) is 0 Å². The average Bonchev–Trinajstić information content (AvgIpc) is 2.05. The van der Waals surface area contributed by atoms with Crippen molar-refractivity contribution in [3.63, 3.8) is 0 Å². The van der Waals surface area contributed by atoms with Gasteiger partial charge in [0.05, 0.1) is 7.11 Å². The van der Waals surface area contributed by atoms with Crippen molar-refractivity contribution in [3.05, 3.63) is 29.8 Å². The van der Waals surface area contributed by atoms with E-state index in [9.17, 15) is 0 Å². The number of hydrogen-bond donors (Lipinski definition) is 1. The second kappa shape index (κ2) is 4.78.